The summed E-state index contributed by atoms with van der Waals surface area (Å²) in [4.78, 5) is 12.0. The zero-order valence-electron chi connectivity index (χ0n) is 11.7. The van der Waals surface area contributed by atoms with Gasteiger partial charge in [-0.3, -0.25) is 4.79 Å². The third-order valence-electron chi connectivity index (χ3n) is 3.64. The van der Waals surface area contributed by atoms with Crippen molar-refractivity contribution in [2.45, 2.75) is 71.4 Å². The SMILES string of the molecule is CCCC(C)(N)C(=O)OC1CC(C)CC(C)C1. The zero-order valence-corrected chi connectivity index (χ0v) is 11.7. The molecular weight excluding hydrogens is 214 g/mol. The highest BCUT2D eigenvalue weighted by Crippen LogP contribution is 2.31. The summed E-state index contributed by atoms with van der Waals surface area (Å²) in [6.07, 6.45) is 4.86. The van der Waals surface area contributed by atoms with Gasteiger partial charge in [-0.25, -0.2) is 0 Å². The molecule has 100 valence electrons. The van der Waals surface area contributed by atoms with Crippen LogP contribution in [-0.2, 0) is 9.53 Å². The topological polar surface area (TPSA) is 52.3 Å². The molecule has 0 aromatic carbocycles. The van der Waals surface area contributed by atoms with E-state index in [4.69, 9.17) is 10.5 Å². The maximum absolute atomic E-state index is 12.0. The third-order valence-corrected chi connectivity index (χ3v) is 3.64. The van der Waals surface area contributed by atoms with E-state index in [1.807, 2.05) is 6.92 Å². The van der Waals surface area contributed by atoms with Gasteiger partial charge in [-0.05, 0) is 44.4 Å². The molecule has 17 heavy (non-hydrogen) atoms. The number of hydrogen-bond acceptors (Lipinski definition) is 3. The zero-order chi connectivity index (χ0) is 13.1. The first-order chi connectivity index (χ1) is 7.85. The largest absolute Gasteiger partial charge is 0.461 e. The van der Waals surface area contributed by atoms with Crippen molar-refractivity contribution >= 4 is 5.97 Å². The Morgan fingerprint density at radius 3 is 2.29 bits per heavy atom. The Bertz CT molecular complexity index is 253. The molecule has 0 bridgehead atoms. The molecule has 2 N–H and O–H groups in total. The highest BCUT2D eigenvalue weighted by atomic mass is 16.5. The van der Waals surface area contributed by atoms with Crippen molar-refractivity contribution in [3.8, 4) is 0 Å². The highest BCUT2D eigenvalue weighted by Gasteiger charge is 2.33. The molecule has 1 aliphatic carbocycles. The summed E-state index contributed by atoms with van der Waals surface area (Å²) in [5, 5.41) is 0. The molecule has 0 spiro atoms. The van der Waals surface area contributed by atoms with E-state index in [0.717, 1.165) is 19.3 Å². The Kier molecular flexibility index (Phi) is 4.99. The van der Waals surface area contributed by atoms with Crippen LogP contribution >= 0.6 is 0 Å². The van der Waals surface area contributed by atoms with Crippen LogP contribution in [-0.4, -0.2) is 17.6 Å². The quantitative estimate of drug-likeness (QED) is 0.770. The van der Waals surface area contributed by atoms with E-state index in [2.05, 4.69) is 13.8 Å². The van der Waals surface area contributed by atoms with Crippen LogP contribution in [0, 0.1) is 11.8 Å². The molecule has 0 aromatic rings. The van der Waals surface area contributed by atoms with Crippen LogP contribution in [0.3, 0.4) is 0 Å². The van der Waals surface area contributed by atoms with Crippen molar-refractivity contribution in [1.82, 2.24) is 0 Å². The van der Waals surface area contributed by atoms with E-state index >= 15 is 0 Å². The van der Waals surface area contributed by atoms with E-state index in [1.54, 1.807) is 6.92 Å². The Morgan fingerprint density at radius 1 is 1.29 bits per heavy atom. The van der Waals surface area contributed by atoms with Crippen LogP contribution in [0.25, 0.3) is 0 Å². The molecule has 1 fully saturated rings. The number of carbonyl (C=O) groups excluding carboxylic acids is 1. The van der Waals surface area contributed by atoms with Gasteiger partial charge in [0.2, 0.25) is 0 Å². The van der Waals surface area contributed by atoms with Crippen molar-refractivity contribution in [3.63, 3.8) is 0 Å². The molecule has 0 aliphatic heterocycles. The monoisotopic (exact) mass is 241 g/mol. The average molecular weight is 241 g/mol. The highest BCUT2D eigenvalue weighted by molar-refractivity contribution is 5.80. The van der Waals surface area contributed by atoms with Crippen LogP contribution in [0.4, 0.5) is 0 Å². The molecule has 3 nitrogen and oxygen atoms in total. The first kappa shape index (κ1) is 14.5. The van der Waals surface area contributed by atoms with Crippen molar-refractivity contribution in [1.29, 1.82) is 0 Å². The van der Waals surface area contributed by atoms with Crippen LogP contribution in [0.1, 0.15) is 59.8 Å². The third kappa shape index (κ3) is 4.30. The molecule has 0 saturated heterocycles. The summed E-state index contributed by atoms with van der Waals surface area (Å²) < 4.78 is 5.59. The molecule has 1 saturated carbocycles. The molecule has 0 heterocycles. The van der Waals surface area contributed by atoms with Gasteiger partial charge < -0.3 is 10.5 Å². The van der Waals surface area contributed by atoms with Gasteiger partial charge >= 0.3 is 5.97 Å². The van der Waals surface area contributed by atoms with Crippen molar-refractivity contribution in [3.05, 3.63) is 0 Å². The van der Waals surface area contributed by atoms with Gasteiger partial charge in [0.1, 0.15) is 11.6 Å². The standard InChI is InChI=1S/C14H27NO2/c1-5-6-14(4,15)13(16)17-12-8-10(2)7-11(3)9-12/h10-12H,5-9,15H2,1-4H3. The van der Waals surface area contributed by atoms with Gasteiger partial charge in [0.15, 0.2) is 0 Å². The average Bonchev–Trinajstić information content (AvgIpc) is 2.15. The Hall–Kier alpha value is -0.570. The summed E-state index contributed by atoms with van der Waals surface area (Å²) in [5.41, 5.74) is 5.16. The van der Waals surface area contributed by atoms with Gasteiger partial charge in [0, 0.05) is 0 Å². The number of esters is 1. The Balaban J connectivity index is 2.50. The van der Waals surface area contributed by atoms with Gasteiger partial charge in [-0.15, -0.1) is 0 Å². The van der Waals surface area contributed by atoms with E-state index in [9.17, 15) is 4.79 Å². The van der Waals surface area contributed by atoms with Gasteiger partial charge in [0.25, 0.3) is 0 Å². The number of ether oxygens (including phenoxy) is 1. The van der Waals surface area contributed by atoms with Gasteiger partial charge in [0.05, 0.1) is 0 Å². The fourth-order valence-electron chi connectivity index (χ4n) is 2.88. The fourth-order valence-corrected chi connectivity index (χ4v) is 2.88. The molecule has 0 amide bonds. The molecule has 0 radical (unpaired) electrons. The van der Waals surface area contributed by atoms with E-state index < -0.39 is 5.54 Å². The van der Waals surface area contributed by atoms with Crippen LogP contribution in [0.5, 0.6) is 0 Å². The fraction of sp³-hybridized carbons (Fsp3) is 0.929. The second-order valence-corrected chi connectivity index (χ2v) is 6.11. The predicted octanol–water partition coefficient (Wildman–Crippen LogP) is 2.87. The first-order valence-electron chi connectivity index (χ1n) is 6.85. The maximum Gasteiger partial charge on any atom is 0.326 e. The minimum Gasteiger partial charge on any atom is -0.461 e. The van der Waals surface area contributed by atoms with Crippen molar-refractivity contribution in [2.75, 3.05) is 0 Å². The smallest absolute Gasteiger partial charge is 0.326 e. The Labute approximate surface area is 105 Å². The molecule has 3 unspecified atom stereocenters. The molecule has 1 rings (SSSR count). The predicted molar refractivity (Wildman–Crippen MR) is 69.6 cm³/mol. The summed E-state index contributed by atoms with van der Waals surface area (Å²) >= 11 is 0. The van der Waals surface area contributed by atoms with E-state index in [0.29, 0.717) is 18.3 Å². The van der Waals surface area contributed by atoms with E-state index in [-0.39, 0.29) is 12.1 Å². The number of hydrogen-bond donors (Lipinski definition) is 1. The van der Waals surface area contributed by atoms with Crippen LogP contribution < -0.4 is 5.73 Å². The number of nitrogens with two attached hydrogens (primary N) is 1. The second-order valence-electron chi connectivity index (χ2n) is 6.11. The first-order valence-corrected chi connectivity index (χ1v) is 6.85. The maximum atomic E-state index is 12.0. The Morgan fingerprint density at radius 2 is 1.82 bits per heavy atom. The summed E-state index contributed by atoms with van der Waals surface area (Å²) in [7, 11) is 0. The lowest BCUT2D eigenvalue weighted by Gasteiger charge is -2.33. The van der Waals surface area contributed by atoms with Gasteiger partial charge in [-0.2, -0.15) is 0 Å². The van der Waals surface area contributed by atoms with Crippen LogP contribution in [0.15, 0.2) is 0 Å². The lowest BCUT2D eigenvalue weighted by molar-refractivity contribution is -0.158. The normalized spacial score (nSPS) is 32.9. The second kappa shape index (κ2) is 5.85. The summed E-state index contributed by atoms with van der Waals surface area (Å²) in [5.74, 6) is 1.06. The molecule has 1 aliphatic rings. The number of rotatable bonds is 4. The van der Waals surface area contributed by atoms with Crippen molar-refractivity contribution in [2.24, 2.45) is 17.6 Å². The van der Waals surface area contributed by atoms with Gasteiger partial charge in [-0.1, -0.05) is 27.2 Å². The van der Waals surface area contributed by atoms with Crippen molar-refractivity contribution < 1.29 is 9.53 Å². The summed E-state index contributed by atoms with van der Waals surface area (Å²) in [6.45, 7) is 8.26. The molecular formula is C14H27NO2. The molecule has 3 atom stereocenters. The summed E-state index contributed by atoms with van der Waals surface area (Å²) in [6, 6.07) is 0. The molecule has 0 aromatic heterocycles. The lowest BCUT2D eigenvalue weighted by atomic mass is 9.81. The van der Waals surface area contributed by atoms with Crippen LogP contribution in [0.2, 0.25) is 0 Å². The molecule has 3 heteroatoms. The lowest BCUT2D eigenvalue weighted by Crippen LogP contribution is -2.47. The minimum atomic E-state index is -0.821. The van der Waals surface area contributed by atoms with E-state index in [1.165, 1.54) is 6.42 Å². The number of carbonyl (C=O) groups is 1. The minimum absolute atomic E-state index is 0.0704.